The number of esters is 2. The molecule has 0 fully saturated rings. The second kappa shape index (κ2) is 8.34. The number of unbranched alkanes of at least 4 members (excludes halogenated alkanes) is 1. The molecule has 0 aliphatic carbocycles. The van der Waals surface area contributed by atoms with Gasteiger partial charge in [-0.15, -0.1) is 0 Å². The quantitative estimate of drug-likeness (QED) is 0.443. The molecule has 120 valence electrons. The molecule has 0 saturated heterocycles. The summed E-state index contributed by atoms with van der Waals surface area (Å²) in [5.41, 5.74) is 0.705. The molecule has 0 aliphatic heterocycles. The molecule has 0 bridgehead atoms. The molecule has 0 N–H and O–H groups in total. The molecule has 0 spiro atoms. The van der Waals surface area contributed by atoms with Gasteiger partial charge in [-0.1, -0.05) is 37.1 Å². The Morgan fingerprint density at radius 2 is 1.70 bits per heavy atom. The van der Waals surface area contributed by atoms with E-state index in [1.165, 1.54) is 0 Å². The molecule has 2 rings (SSSR count). The molecular weight excluding hydrogens is 316 g/mol. The molecule has 4 nitrogen and oxygen atoms in total. The predicted molar refractivity (Wildman–Crippen MR) is 88.0 cm³/mol. The lowest BCUT2D eigenvalue weighted by Gasteiger charge is -2.07. The average Bonchev–Trinajstić information content (AvgIpc) is 2.56. The molecule has 2 aromatic carbocycles. The minimum atomic E-state index is -0.547. The van der Waals surface area contributed by atoms with Crippen LogP contribution in [0.3, 0.4) is 0 Å². The van der Waals surface area contributed by atoms with Crippen molar-refractivity contribution in [2.75, 3.05) is 6.61 Å². The van der Waals surface area contributed by atoms with E-state index in [4.69, 9.17) is 21.1 Å². The van der Waals surface area contributed by atoms with E-state index in [9.17, 15) is 9.59 Å². The molecule has 0 heterocycles. The zero-order valence-corrected chi connectivity index (χ0v) is 13.5. The Balaban J connectivity index is 1.99. The third-order valence-corrected chi connectivity index (χ3v) is 3.45. The highest BCUT2D eigenvalue weighted by Crippen LogP contribution is 2.19. The maximum absolute atomic E-state index is 12.0. The van der Waals surface area contributed by atoms with Gasteiger partial charge in [0.15, 0.2) is 0 Å². The van der Waals surface area contributed by atoms with Crippen molar-refractivity contribution >= 4 is 23.5 Å². The number of benzene rings is 2. The molecule has 23 heavy (non-hydrogen) atoms. The monoisotopic (exact) mass is 332 g/mol. The van der Waals surface area contributed by atoms with Crippen LogP contribution in [0, 0.1) is 0 Å². The summed E-state index contributed by atoms with van der Waals surface area (Å²) in [6.07, 6.45) is 1.80. The fourth-order valence-electron chi connectivity index (χ4n) is 1.84. The average molecular weight is 333 g/mol. The van der Waals surface area contributed by atoms with E-state index in [-0.39, 0.29) is 11.5 Å². The zero-order chi connectivity index (χ0) is 16.7. The molecule has 0 atom stereocenters. The van der Waals surface area contributed by atoms with Gasteiger partial charge in [0.2, 0.25) is 0 Å². The summed E-state index contributed by atoms with van der Waals surface area (Å²) in [5, 5.41) is 0.327. The van der Waals surface area contributed by atoms with Crippen LogP contribution in [0.15, 0.2) is 48.5 Å². The lowest BCUT2D eigenvalue weighted by molar-refractivity contribution is 0.0499. The molecule has 0 aromatic heterocycles. The predicted octanol–water partition coefficient (Wildman–Crippen LogP) is 4.52. The van der Waals surface area contributed by atoms with Gasteiger partial charge in [0, 0.05) is 0 Å². The van der Waals surface area contributed by atoms with Crippen LogP contribution in [0.1, 0.15) is 40.5 Å². The van der Waals surface area contributed by atoms with Gasteiger partial charge in [0.25, 0.3) is 0 Å². The maximum Gasteiger partial charge on any atom is 0.345 e. The van der Waals surface area contributed by atoms with Gasteiger partial charge in [0.05, 0.1) is 22.8 Å². The molecule has 5 heteroatoms. The van der Waals surface area contributed by atoms with Gasteiger partial charge in [-0.25, -0.2) is 9.59 Å². The van der Waals surface area contributed by atoms with Crippen LogP contribution in [0.5, 0.6) is 5.75 Å². The Morgan fingerprint density at radius 1 is 1.00 bits per heavy atom. The minimum absolute atomic E-state index is 0.289. The number of halogens is 1. The highest BCUT2D eigenvalue weighted by molar-refractivity contribution is 6.33. The van der Waals surface area contributed by atoms with Gasteiger partial charge in [-0.3, -0.25) is 0 Å². The largest absolute Gasteiger partial charge is 0.462 e. The summed E-state index contributed by atoms with van der Waals surface area (Å²) in [6, 6.07) is 12.9. The standard InChI is InChI=1S/C18H17ClO4/c1-2-3-12-22-17(20)13-8-10-14(11-9-13)23-18(21)15-6-4-5-7-16(15)19/h4-11H,2-3,12H2,1H3. The summed E-state index contributed by atoms with van der Waals surface area (Å²) in [6.45, 7) is 2.43. The van der Waals surface area contributed by atoms with Gasteiger partial charge in [-0.05, 0) is 42.8 Å². The van der Waals surface area contributed by atoms with Crippen molar-refractivity contribution in [2.24, 2.45) is 0 Å². The van der Waals surface area contributed by atoms with Gasteiger partial charge in [-0.2, -0.15) is 0 Å². The Bertz CT molecular complexity index is 680. The first kappa shape index (κ1) is 17.0. The highest BCUT2D eigenvalue weighted by Gasteiger charge is 2.13. The van der Waals surface area contributed by atoms with E-state index < -0.39 is 5.97 Å². The van der Waals surface area contributed by atoms with E-state index in [1.54, 1.807) is 48.5 Å². The first-order chi connectivity index (χ1) is 11.1. The molecule has 0 aliphatic rings. The smallest absolute Gasteiger partial charge is 0.345 e. The second-order valence-corrected chi connectivity index (χ2v) is 5.29. The van der Waals surface area contributed by atoms with Crippen LogP contribution < -0.4 is 4.74 Å². The SMILES string of the molecule is CCCCOC(=O)c1ccc(OC(=O)c2ccccc2Cl)cc1. The Morgan fingerprint density at radius 3 is 2.35 bits per heavy atom. The first-order valence-electron chi connectivity index (χ1n) is 7.35. The van der Waals surface area contributed by atoms with Gasteiger partial charge < -0.3 is 9.47 Å². The van der Waals surface area contributed by atoms with Crippen molar-refractivity contribution in [3.8, 4) is 5.75 Å². The third-order valence-electron chi connectivity index (χ3n) is 3.13. The highest BCUT2D eigenvalue weighted by atomic mass is 35.5. The zero-order valence-electron chi connectivity index (χ0n) is 12.8. The molecule has 0 saturated carbocycles. The number of hydrogen-bond donors (Lipinski definition) is 0. The van der Waals surface area contributed by atoms with Crippen LogP contribution in [-0.2, 0) is 4.74 Å². The van der Waals surface area contributed by atoms with Crippen LogP contribution in [0.25, 0.3) is 0 Å². The van der Waals surface area contributed by atoms with E-state index in [0.717, 1.165) is 12.8 Å². The summed E-state index contributed by atoms with van der Waals surface area (Å²) in [5.74, 6) is -0.601. The van der Waals surface area contributed by atoms with Crippen LogP contribution >= 0.6 is 11.6 Å². The molecule has 0 unspecified atom stereocenters. The summed E-state index contributed by atoms with van der Waals surface area (Å²) in [4.78, 5) is 23.8. The first-order valence-corrected chi connectivity index (χ1v) is 7.73. The number of hydrogen-bond acceptors (Lipinski definition) is 4. The fourth-order valence-corrected chi connectivity index (χ4v) is 2.05. The van der Waals surface area contributed by atoms with Crippen LogP contribution in [-0.4, -0.2) is 18.5 Å². The fraction of sp³-hybridized carbons (Fsp3) is 0.222. The summed E-state index contributed by atoms with van der Waals surface area (Å²) >= 11 is 5.95. The molecular formula is C18H17ClO4. The Kier molecular flexibility index (Phi) is 6.18. The summed E-state index contributed by atoms with van der Waals surface area (Å²) in [7, 11) is 0. The van der Waals surface area contributed by atoms with Crippen LogP contribution in [0.2, 0.25) is 5.02 Å². The van der Waals surface area contributed by atoms with Gasteiger partial charge in [0.1, 0.15) is 5.75 Å². The van der Waals surface area contributed by atoms with Crippen molar-refractivity contribution in [3.63, 3.8) is 0 Å². The second-order valence-electron chi connectivity index (χ2n) is 4.88. The minimum Gasteiger partial charge on any atom is -0.462 e. The lowest BCUT2D eigenvalue weighted by Crippen LogP contribution is -2.10. The van der Waals surface area contributed by atoms with Crippen molar-refractivity contribution in [2.45, 2.75) is 19.8 Å². The van der Waals surface area contributed by atoms with Crippen LogP contribution in [0.4, 0.5) is 0 Å². The Hall–Kier alpha value is -2.33. The van der Waals surface area contributed by atoms with Crippen molar-refractivity contribution in [1.82, 2.24) is 0 Å². The van der Waals surface area contributed by atoms with Crippen molar-refractivity contribution < 1.29 is 19.1 Å². The lowest BCUT2D eigenvalue weighted by atomic mass is 10.2. The van der Waals surface area contributed by atoms with Gasteiger partial charge >= 0.3 is 11.9 Å². The summed E-state index contributed by atoms with van der Waals surface area (Å²) < 4.78 is 10.3. The third kappa shape index (κ3) is 4.83. The number of carbonyl (C=O) groups excluding carboxylic acids is 2. The van der Waals surface area contributed by atoms with Crippen molar-refractivity contribution in [3.05, 3.63) is 64.7 Å². The number of rotatable bonds is 6. The van der Waals surface area contributed by atoms with E-state index >= 15 is 0 Å². The Labute approximate surface area is 140 Å². The molecule has 2 aromatic rings. The normalized spacial score (nSPS) is 10.2. The van der Waals surface area contributed by atoms with E-state index in [2.05, 4.69) is 0 Å². The maximum atomic E-state index is 12.0. The number of carbonyl (C=O) groups is 2. The van der Waals surface area contributed by atoms with Crippen molar-refractivity contribution in [1.29, 1.82) is 0 Å². The molecule has 0 amide bonds. The topological polar surface area (TPSA) is 52.6 Å². The number of ether oxygens (including phenoxy) is 2. The van der Waals surface area contributed by atoms with E-state index in [0.29, 0.717) is 22.9 Å². The van der Waals surface area contributed by atoms with E-state index in [1.807, 2.05) is 6.92 Å². The molecule has 0 radical (unpaired) electrons.